The summed E-state index contributed by atoms with van der Waals surface area (Å²) >= 11 is 0. The summed E-state index contributed by atoms with van der Waals surface area (Å²) in [5.74, 6) is 0.00114. The topological polar surface area (TPSA) is 50.4 Å². The first-order valence-electron chi connectivity index (χ1n) is 7.72. The van der Waals surface area contributed by atoms with Crippen LogP contribution in [0.15, 0.2) is 0 Å². The predicted molar refractivity (Wildman–Crippen MR) is 78.2 cm³/mol. The first-order chi connectivity index (χ1) is 9.02. The molecule has 1 aliphatic carbocycles. The van der Waals surface area contributed by atoms with E-state index in [1.54, 1.807) is 0 Å². The maximum atomic E-state index is 11.8. The molecule has 1 amide bonds. The molecule has 19 heavy (non-hydrogen) atoms. The Labute approximate surface area is 117 Å². The molecule has 1 atom stereocenters. The molecule has 0 aromatic rings. The zero-order valence-corrected chi connectivity index (χ0v) is 12.9. The summed E-state index contributed by atoms with van der Waals surface area (Å²) < 4.78 is 5.87. The van der Waals surface area contributed by atoms with E-state index in [1.807, 2.05) is 20.8 Å². The molecule has 1 aliphatic rings. The first kappa shape index (κ1) is 16.4. The molecule has 0 spiro atoms. The molecule has 4 heteroatoms. The number of hydrogen-bond donors (Lipinski definition) is 2. The molecule has 0 saturated heterocycles. The smallest absolute Gasteiger partial charge is 0.249 e. The van der Waals surface area contributed by atoms with Crippen LogP contribution in [0.1, 0.15) is 59.8 Å². The van der Waals surface area contributed by atoms with E-state index in [-0.39, 0.29) is 24.2 Å². The van der Waals surface area contributed by atoms with Gasteiger partial charge in [0, 0.05) is 12.1 Å². The number of carbonyl (C=O) groups excluding carboxylic acids is 1. The summed E-state index contributed by atoms with van der Waals surface area (Å²) in [6.07, 6.45) is 5.51. The molecule has 0 aromatic heterocycles. The van der Waals surface area contributed by atoms with Gasteiger partial charge in [-0.25, -0.2) is 0 Å². The van der Waals surface area contributed by atoms with Crippen molar-refractivity contribution in [2.45, 2.75) is 84.1 Å². The molecule has 0 heterocycles. The second-order valence-electron chi connectivity index (χ2n) is 5.87. The van der Waals surface area contributed by atoms with Crippen molar-refractivity contribution in [2.75, 3.05) is 6.54 Å². The molecule has 0 bridgehead atoms. The monoisotopic (exact) mass is 270 g/mol. The van der Waals surface area contributed by atoms with Crippen molar-refractivity contribution >= 4 is 5.91 Å². The van der Waals surface area contributed by atoms with Gasteiger partial charge >= 0.3 is 0 Å². The third-order valence-corrected chi connectivity index (χ3v) is 3.55. The molecule has 4 nitrogen and oxygen atoms in total. The van der Waals surface area contributed by atoms with Crippen LogP contribution >= 0.6 is 0 Å². The van der Waals surface area contributed by atoms with E-state index in [1.165, 1.54) is 6.42 Å². The van der Waals surface area contributed by atoms with Crippen LogP contribution in [0.25, 0.3) is 0 Å². The second kappa shape index (κ2) is 8.54. The Balaban J connectivity index is 2.23. The highest BCUT2D eigenvalue weighted by molar-refractivity contribution is 5.80. The van der Waals surface area contributed by atoms with Gasteiger partial charge in [0.05, 0.1) is 6.10 Å². The van der Waals surface area contributed by atoms with Crippen molar-refractivity contribution in [1.29, 1.82) is 0 Å². The quantitative estimate of drug-likeness (QED) is 0.746. The van der Waals surface area contributed by atoms with E-state index >= 15 is 0 Å². The molecular weight excluding hydrogens is 240 g/mol. The second-order valence-corrected chi connectivity index (χ2v) is 5.87. The lowest BCUT2D eigenvalue weighted by molar-refractivity contribution is -0.137. The Bertz CT molecular complexity index is 261. The number of nitrogens with one attached hydrogen (secondary N) is 2. The maximum absolute atomic E-state index is 11.8. The van der Waals surface area contributed by atoms with Gasteiger partial charge in [-0.05, 0) is 59.4 Å². The number of rotatable bonds is 7. The molecule has 1 saturated carbocycles. The van der Waals surface area contributed by atoms with Crippen molar-refractivity contribution in [2.24, 2.45) is 0 Å². The van der Waals surface area contributed by atoms with Gasteiger partial charge in [0.25, 0.3) is 0 Å². The van der Waals surface area contributed by atoms with Crippen LogP contribution < -0.4 is 10.6 Å². The lowest BCUT2D eigenvalue weighted by atomic mass is 9.93. The first-order valence-corrected chi connectivity index (χ1v) is 7.72. The van der Waals surface area contributed by atoms with Crippen LogP contribution in [0.3, 0.4) is 0 Å². The predicted octanol–water partition coefficient (Wildman–Crippen LogP) is 2.23. The standard InChI is InChI=1S/C15H30N2O2/c1-5-10-16-13-6-8-14(9-7-13)19-12(4)15(18)17-11(2)3/h11-14,16H,5-10H2,1-4H3,(H,17,18). The van der Waals surface area contributed by atoms with E-state index in [0.717, 1.165) is 32.2 Å². The normalized spacial score (nSPS) is 25.3. The Morgan fingerprint density at radius 2 is 1.84 bits per heavy atom. The molecule has 0 aromatic carbocycles. The van der Waals surface area contributed by atoms with E-state index in [9.17, 15) is 4.79 Å². The SMILES string of the molecule is CCCNC1CCC(OC(C)C(=O)NC(C)C)CC1. The number of ether oxygens (including phenoxy) is 1. The van der Waals surface area contributed by atoms with Gasteiger partial charge in [0.15, 0.2) is 0 Å². The Morgan fingerprint density at radius 1 is 1.21 bits per heavy atom. The fourth-order valence-electron chi connectivity index (χ4n) is 2.50. The van der Waals surface area contributed by atoms with Crippen LogP contribution in [-0.2, 0) is 9.53 Å². The fraction of sp³-hybridized carbons (Fsp3) is 0.933. The minimum absolute atomic E-state index is 0.00114. The zero-order chi connectivity index (χ0) is 14.3. The van der Waals surface area contributed by atoms with Gasteiger partial charge < -0.3 is 15.4 Å². The molecule has 0 radical (unpaired) electrons. The summed E-state index contributed by atoms with van der Waals surface area (Å²) in [6, 6.07) is 0.812. The highest BCUT2D eigenvalue weighted by Gasteiger charge is 2.25. The third-order valence-electron chi connectivity index (χ3n) is 3.55. The zero-order valence-electron chi connectivity index (χ0n) is 12.9. The van der Waals surface area contributed by atoms with Crippen LogP contribution in [0.5, 0.6) is 0 Å². The summed E-state index contributed by atoms with van der Waals surface area (Å²) in [4.78, 5) is 11.8. The van der Waals surface area contributed by atoms with Gasteiger partial charge in [-0.3, -0.25) is 4.79 Å². The highest BCUT2D eigenvalue weighted by Crippen LogP contribution is 2.22. The van der Waals surface area contributed by atoms with Gasteiger partial charge in [0.1, 0.15) is 6.10 Å². The minimum Gasteiger partial charge on any atom is -0.365 e. The third kappa shape index (κ3) is 6.39. The summed E-state index contributed by atoms with van der Waals surface area (Å²) in [6.45, 7) is 9.07. The Kier molecular flexibility index (Phi) is 7.39. The largest absolute Gasteiger partial charge is 0.365 e. The van der Waals surface area contributed by atoms with Crippen molar-refractivity contribution < 1.29 is 9.53 Å². The average molecular weight is 270 g/mol. The van der Waals surface area contributed by atoms with E-state index < -0.39 is 0 Å². The van der Waals surface area contributed by atoms with Gasteiger partial charge in [-0.2, -0.15) is 0 Å². The lowest BCUT2D eigenvalue weighted by Gasteiger charge is -2.31. The van der Waals surface area contributed by atoms with E-state index in [4.69, 9.17) is 4.74 Å². The highest BCUT2D eigenvalue weighted by atomic mass is 16.5. The van der Waals surface area contributed by atoms with Crippen molar-refractivity contribution in [3.8, 4) is 0 Å². The number of carbonyl (C=O) groups is 1. The Hall–Kier alpha value is -0.610. The van der Waals surface area contributed by atoms with Gasteiger partial charge in [-0.15, -0.1) is 0 Å². The number of hydrogen-bond acceptors (Lipinski definition) is 3. The van der Waals surface area contributed by atoms with Crippen molar-refractivity contribution in [3.05, 3.63) is 0 Å². The van der Waals surface area contributed by atoms with Gasteiger partial charge in [0.2, 0.25) is 5.91 Å². The molecule has 1 fully saturated rings. The van der Waals surface area contributed by atoms with E-state index in [2.05, 4.69) is 17.6 Å². The molecule has 0 aliphatic heterocycles. The lowest BCUT2D eigenvalue weighted by Crippen LogP contribution is -2.42. The van der Waals surface area contributed by atoms with Crippen LogP contribution in [-0.4, -0.2) is 36.7 Å². The number of amides is 1. The van der Waals surface area contributed by atoms with Crippen LogP contribution in [0, 0.1) is 0 Å². The molecule has 112 valence electrons. The van der Waals surface area contributed by atoms with Gasteiger partial charge in [-0.1, -0.05) is 6.92 Å². The van der Waals surface area contributed by atoms with Crippen LogP contribution in [0.2, 0.25) is 0 Å². The van der Waals surface area contributed by atoms with Crippen molar-refractivity contribution in [1.82, 2.24) is 10.6 Å². The van der Waals surface area contributed by atoms with Crippen LogP contribution in [0.4, 0.5) is 0 Å². The molecule has 1 rings (SSSR count). The summed E-state index contributed by atoms with van der Waals surface area (Å²) in [5.41, 5.74) is 0. The summed E-state index contributed by atoms with van der Waals surface area (Å²) in [7, 11) is 0. The fourth-order valence-corrected chi connectivity index (χ4v) is 2.50. The summed E-state index contributed by atoms with van der Waals surface area (Å²) in [5, 5.41) is 6.45. The van der Waals surface area contributed by atoms with Crippen molar-refractivity contribution in [3.63, 3.8) is 0 Å². The maximum Gasteiger partial charge on any atom is 0.249 e. The molecule has 1 unspecified atom stereocenters. The molecular formula is C15H30N2O2. The van der Waals surface area contributed by atoms with E-state index in [0.29, 0.717) is 6.04 Å². The Morgan fingerprint density at radius 3 is 2.37 bits per heavy atom. The minimum atomic E-state index is -0.340. The average Bonchev–Trinajstić information content (AvgIpc) is 2.37. The molecule has 2 N–H and O–H groups in total.